The van der Waals surface area contributed by atoms with Gasteiger partial charge in [-0.3, -0.25) is 10.00 Å². The van der Waals surface area contributed by atoms with Crippen LogP contribution in [0.25, 0.3) is 17.0 Å². The fraction of sp³-hybridized carbons (Fsp3) is 0.167. The minimum absolute atomic E-state index is 0.298. The number of ether oxygens (including phenoxy) is 1. The maximum Gasteiger partial charge on any atom is 0.414 e. The standard InChI is InChI=1S/C12H11N3O2/c1-2-10-9-7-8(3-4-11(9)14-13-10)15-5-6-17-12(15)16/h2-4,7H,1,5-6H2,(H,13,14). The average molecular weight is 229 g/mol. The number of rotatable bonds is 2. The zero-order chi connectivity index (χ0) is 11.8. The third kappa shape index (κ3) is 1.47. The van der Waals surface area contributed by atoms with Crippen molar-refractivity contribution in [3.63, 3.8) is 0 Å². The SMILES string of the molecule is C=Cc1n[nH]c2ccc(N3CCOC3=O)cc12. The number of aromatic amines is 1. The van der Waals surface area contributed by atoms with Crippen molar-refractivity contribution in [1.82, 2.24) is 10.2 Å². The number of hydrogen-bond donors (Lipinski definition) is 1. The molecule has 1 fully saturated rings. The fourth-order valence-electron chi connectivity index (χ4n) is 1.97. The summed E-state index contributed by atoms with van der Waals surface area (Å²) in [6.07, 6.45) is 1.39. The van der Waals surface area contributed by atoms with Crippen LogP contribution in [0.3, 0.4) is 0 Å². The molecule has 2 heterocycles. The van der Waals surface area contributed by atoms with Crippen molar-refractivity contribution in [2.75, 3.05) is 18.1 Å². The lowest BCUT2D eigenvalue weighted by molar-refractivity contribution is 0.181. The van der Waals surface area contributed by atoms with Crippen LogP contribution in [0.2, 0.25) is 0 Å². The van der Waals surface area contributed by atoms with E-state index in [4.69, 9.17) is 4.74 Å². The Bertz CT molecular complexity index is 603. The number of carbonyl (C=O) groups excluding carboxylic acids is 1. The van der Waals surface area contributed by atoms with Gasteiger partial charge in [0.2, 0.25) is 0 Å². The van der Waals surface area contributed by atoms with E-state index in [0.29, 0.717) is 13.2 Å². The number of amides is 1. The number of nitrogens with zero attached hydrogens (tertiary/aromatic N) is 2. The van der Waals surface area contributed by atoms with Gasteiger partial charge in [0.15, 0.2) is 0 Å². The largest absolute Gasteiger partial charge is 0.447 e. The summed E-state index contributed by atoms with van der Waals surface area (Å²) >= 11 is 0. The van der Waals surface area contributed by atoms with Crippen molar-refractivity contribution in [1.29, 1.82) is 0 Å². The van der Waals surface area contributed by atoms with E-state index < -0.39 is 0 Å². The second kappa shape index (κ2) is 3.62. The topological polar surface area (TPSA) is 58.2 Å². The van der Waals surface area contributed by atoms with E-state index in [9.17, 15) is 4.79 Å². The molecule has 5 heteroatoms. The number of nitrogens with one attached hydrogen (secondary N) is 1. The molecule has 3 rings (SSSR count). The molecule has 0 spiro atoms. The highest BCUT2D eigenvalue weighted by molar-refractivity contribution is 5.95. The van der Waals surface area contributed by atoms with Crippen LogP contribution in [0.15, 0.2) is 24.8 Å². The maximum atomic E-state index is 11.5. The number of aromatic nitrogens is 2. The monoisotopic (exact) mass is 229 g/mol. The van der Waals surface area contributed by atoms with Crippen molar-refractivity contribution < 1.29 is 9.53 Å². The first-order valence-corrected chi connectivity index (χ1v) is 5.34. The first kappa shape index (κ1) is 9.89. The number of carbonyl (C=O) groups is 1. The molecule has 17 heavy (non-hydrogen) atoms. The first-order valence-electron chi connectivity index (χ1n) is 5.34. The van der Waals surface area contributed by atoms with Crippen molar-refractivity contribution in [3.8, 4) is 0 Å². The van der Waals surface area contributed by atoms with Crippen molar-refractivity contribution in [2.24, 2.45) is 0 Å². The Morgan fingerprint density at radius 2 is 2.41 bits per heavy atom. The van der Waals surface area contributed by atoms with Crippen LogP contribution in [-0.4, -0.2) is 29.4 Å². The van der Waals surface area contributed by atoms with Gasteiger partial charge in [-0.05, 0) is 24.3 Å². The van der Waals surface area contributed by atoms with Crippen LogP contribution in [-0.2, 0) is 4.74 Å². The Balaban J connectivity index is 2.11. The minimum Gasteiger partial charge on any atom is -0.447 e. The molecule has 0 saturated carbocycles. The summed E-state index contributed by atoms with van der Waals surface area (Å²) < 4.78 is 4.91. The second-order valence-electron chi connectivity index (χ2n) is 3.81. The highest BCUT2D eigenvalue weighted by atomic mass is 16.6. The number of hydrogen-bond acceptors (Lipinski definition) is 3. The highest BCUT2D eigenvalue weighted by Crippen LogP contribution is 2.25. The summed E-state index contributed by atoms with van der Waals surface area (Å²) in [6, 6.07) is 5.69. The molecular weight excluding hydrogens is 218 g/mol. The fourth-order valence-corrected chi connectivity index (χ4v) is 1.97. The molecule has 86 valence electrons. The van der Waals surface area contributed by atoms with Crippen LogP contribution in [0.1, 0.15) is 5.69 Å². The molecule has 1 aromatic carbocycles. The summed E-state index contributed by atoms with van der Waals surface area (Å²) in [5.74, 6) is 0. The first-order chi connectivity index (χ1) is 8.29. The zero-order valence-electron chi connectivity index (χ0n) is 9.14. The van der Waals surface area contributed by atoms with Crippen LogP contribution in [0, 0.1) is 0 Å². The lowest BCUT2D eigenvalue weighted by Crippen LogP contribution is -2.23. The highest BCUT2D eigenvalue weighted by Gasteiger charge is 2.23. The van der Waals surface area contributed by atoms with E-state index in [-0.39, 0.29) is 6.09 Å². The summed E-state index contributed by atoms with van der Waals surface area (Å²) in [6.45, 7) is 4.74. The molecule has 0 radical (unpaired) electrons. The zero-order valence-corrected chi connectivity index (χ0v) is 9.14. The summed E-state index contributed by atoms with van der Waals surface area (Å²) in [4.78, 5) is 13.1. The molecule has 0 unspecified atom stereocenters. The van der Waals surface area contributed by atoms with Gasteiger partial charge in [0.05, 0.1) is 17.8 Å². The van der Waals surface area contributed by atoms with Gasteiger partial charge in [-0.25, -0.2) is 4.79 Å². The smallest absolute Gasteiger partial charge is 0.414 e. The number of benzene rings is 1. The molecule has 0 atom stereocenters. The third-order valence-corrected chi connectivity index (χ3v) is 2.84. The molecular formula is C12H11N3O2. The van der Waals surface area contributed by atoms with E-state index in [1.54, 1.807) is 11.0 Å². The van der Waals surface area contributed by atoms with Gasteiger partial charge < -0.3 is 4.74 Å². The molecule has 1 amide bonds. The van der Waals surface area contributed by atoms with Crippen LogP contribution in [0.4, 0.5) is 10.5 Å². The van der Waals surface area contributed by atoms with Crippen LogP contribution >= 0.6 is 0 Å². The number of cyclic esters (lactones) is 1. The average Bonchev–Trinajstić information content (AvgIpc) is 2.93. The Kier molecular flexibility index (Phi) is 2.11. The van der Waals surface area contributed by atoms with E-state index >= 15 is 0 Å². The minimum atomic E-state index is -0.298. The third-order valence-electron chi connectivity index (χ3n) is 2.84. The van der Waals surface area contributed by atoms with E-state index in [0.717, 1.165) is 22.3 Å². The molecule has 1 aliphatic rings. The summed E-state index contributed by atoms with van der Waals surface area (Å²) in [7, 11) is 0. The molecule has 1 N–H and O–H groups in total. The molecule has 1 aliphatic heterocycles. The summed E-state index contributed by atoms with van der Waals surface area (Å²) in [5.41, 5.74) is 2.54. The van der Waals surface area contributed by atoms with E-state index in [2.05, 4.69) is 16.8 Å². The molecule has 2 aromatic rings. The maximum absolute atomic E-state index is 11.5. The van der Waals surface area contributed by atoms with Gasteiger partial charge in [0.25, 0.3) is 0 Å². The normalized spacial score (nSPS) is 15.3. The number of anilines is 1. The van der Waals surface area contributed by atoms with Gasteiger partial charge in [-0.1, -0.05) is 6.58 Å². The molecule has 5 nitrogen and oxygen atoms in total. The Morgan fingerprint density at radius 3 is 3.12 bits per heavy atom. The van der Waals surface area contributed by atoms with Crippen molar-refractivity contribution >= 4 is 28.8 Å². The van der Waals surface area contributed by atoms with Crippen molar-refractivity contribution in [2.45, 2.75) is 0 Å². The Labute approximate surface area is 97.7 Å². The molecule has 0 bridgehead atoms. The molecule has 0 aliphatic carbocycles. The van der Waals surface area contributed by atoms with Crippen molar-refractivity contribution in [3.05, 3.63) is 30.5 Å². The molecule has 1 aromatic heterocycles. The quantitative estimate of drug-likeness (QED) is 0.858. The van der Waals surface area contributed by atoms with Gasteiger partial charge in [0.1, 0.15) is 6.61 Å². The Hall–Kier alpha value is -2.30. The lowest BCUT2D eigenvalue weighted by atomic mass is 10.2. The van der Waals surface area contributed by atoms with Gasteiger partial charge >= 0.3 is 6.09 Å². The van der Waals surface area contributed by atoms with Crippen LogP contribution < -0.4 is 4.90 Å². The number of fused-ring (bicyclic) bond motifs is 1. The Morgan fingerprint density at radius 1 is 1.53 bits per heavy atom. The molecule has 1 saturated heterocycles. The second-order valence-corrected chi connectivity index (χ2v) is 3.81. The van der Waals surface area contributed by atoms with E-state index in [1.807, 2.05) is 18.2 Å². The van der Waals surface area contributed by atoms with Gasteiger partial charge in [0, 0.05) is 11.1 Å². The van der Waals surface area contributed by atoms with Gasteiger partial charge in [-0.2, -0.15) is 5.10 Å². The predicted molar refractivity (Wildman–Crippen MR) is 64.9 cm³/mol. The lowest BCUT2D eigenvalue weighted by Gasteiger charge is -2.12. The predicted octanol–water partition coefficient (Wildman–Crippen LogP) is 2.16. The van der Waals surface area contributed by atoms with Gasteiger partial charge in [-0.15, -0.1) is 0 Å². The van der Waals surface area contributed by atoms with Crippen LogP contribution in [0.5, 0.6) is 0 Å². The summed E-state index contributed by atoms with van der Waals surface area (Å²) in [5, 5.41) is 7.99. The number of H-pyrrole nitrogens is 1. The van der Waals surface area contributed by atoms with E-state index in [1.165, 1.54) is 0 Å².